The molecule has 1 aliphatic rings. The average Bonchev–Trinajstić information content (AvgIpc) is 2.84. The molecule has 0 saturated carbocycles. The molecule has 0 aromatic heterocycles. The van der Waals surface area contributed by atoms with Crippen molar-refractivity contribution in [2.45, 2.75) is 39.2 Å². The fraction of sp³-hybridized carbons (Fsp3) is 0.481. The standard InChI is InChI=1S/C27H36N2O5/c1-20(2)16-21-18-34-25-13-6-5-12-24(25)27(31)28(3)14-7-8-15-29(21)26(30)19-33-23-11-9-10-22(17-23)32-4/h5-6,9-13,17,20-21H,7-8,14-16,18-19H2,1-4H3/t21-/m0/s1. The monoisotopic (exact) mass is 468 g/mol. The second-order valence-electron chi connectivity index (χ2n) is 9.08. The highest BCUT2D eigenvalue weighted by Gasteiger charge is 2.27. The van der Waals surface area contributed by atoms with Crippen molar-refractivity contribution in [1.82, 2.24) is 9.80 Å². The molecule has 0 aliphatic carbocycles. The first-order valence-corrected chi connectivity index (χ1v) is 11.9. The Labute approximate surface area is 202 Å². The quantitative estimate of drug-likeness (QED) is 0.634. The van der Waals surface area contributed by atoms with Crippen molar-refractivity contribution in [3.8, 4) is 17.2 Å². The van der Waals surface area contributed by atoms with E-state index in [0.717, 1.165) is 19.3 Å². The van der Waals surface area contributed by atoms with Crippen LogP contribution in [0, 0.1) is 5.92 Å². The highest BCUT2D eigenvalue weighted by Crippen LogP contribution is 2.24. The van der Waals surface area contributed by atoms with Crippen LogP contribution in [0.25, 0.3) is 0 Å². The lowest BCUT2D eigenvalue weighted by Crippen LogP contribution is -2.47. The number of ether oxygens (including phenoxy) is 3. The van der Waals surface area contributed by atoms with Gasteiger partial charge in [-0.1, -0.05) is 32.0 Å². The zero-order chi connectivity index (χ0) is 24.5. The molecule has 0 bridgehead atoms. The van der Waals surface area contributed by atoms with E-state index in [9.17, 15) is 9.59 Å². The third-order valence-corrected chi connectivity index (χ3v) is 5.95. The highest BCUT2D eigenvalue weighted by molar-refractivity contribution is 5.96. The Morgan fingerprint density at radius 3 is 2.59 bits per heavy atom. The minimum Gasteiger partial charge on any atom is -0.497 e. The molecule has 2 aromatic carbocycles. The number of carbonyl (C=O) groups is 2. The summed E-state index contributed by atoms with van der Waals surface area (Å²) in [6.45, 7) is 5.73. The Morgan fingerprint density at radius 2 is 1.82 bits per heavy atom. The van der Waals surface area contributed by atoms with Gasteiger partial charge in [-0.05, 0) is 49.4 Å². The third kappa shape index (κ3) is 6.89. The van der Waals surface area contributed by atoms with E-state index in [1.807, 2.05) is 41.3 Å². The van der Waals surface area contributed by atoms with Gasteiger partial charge >= 0.3 is 0 Å². The zero-order valence-electron chi connectivity index (χ0n) is 20.7. The largest absolute Gasteiger partial charge is 0.497 e. The molecule has 2 amide bonds. The van der Waals surface area contributed by atoms with Crippen molar-refractivity contribution in [2.24, 2.45) is 5.92 Å². The molecule has 1 aliphatic heterocycles. The number of carbonyl (C=O) groups excluding carboxylic acids is 2. The van der Waals surface area contributed by atoms with Crippen molar-refractivity contribution in [2.75, 3.05) is 40.5 Å². The molecule has 2 aromatic rings. The molecular formula is C27H36N2O5. The number of fused-ring (bicyclic) bond motifs is 1. The van der Waals surface area contributed by atoms with Gasteiger partial charge in [-0.2, -0.15) is 0 Å². The molecule has 0 spiro atoms. The molecule has 7 nitrogen and oxygen atoms in total. The molecule has 0 saturated heterocycles. The Morgan fingerprint density at radius 1 is 1.09 bits per heavy atom. The average molecular weight is 469 g/mol. The predicted octanol–water partition coefficient (Wildman–Crippen LogP) is 4.26. The Hall–Kier alpha value is -3.22. The van der Waals surface area contributed by atoms with Crippen molar-refractivity contribution >= 4 is 11.8 Å². The Balaban J connectivity index is 1.80. The summed E-state index contributed by atoms with van der Waals surface area (Å²) < 4.78 is 17.2. The lowest BCUT2D eigenvalue weighted by atomic mass is 10.0. The van der Waals surface area contributed by atoms with Crippen molar-refractivity contribution in [1.29, 1.82) is 0 Å². The molecule has 7 heteroatoms. The van der Waals surface area contributed by atoms with Gasteiger partial charge in [-0.25, -0.2) is 0 Å². The summed E-state index contributed by atoms with van der Waals surface area (Å²) in [6, 6.07) is 14.4. The minimum absolute atomic E-state index is 0.0452. The van der Waals surface area contributed by atoms with E-state index >= 15 is 0 Å². The maximum Gasteiger partial charge on any atom is 0.260 e. The number of methoxy groups -OCH3 is 1. The Kier molecular flexibility index (Phi) is 9.19. The van der Waals surface area contributed by atoms with Gasteiger partial charge < -0.3 is 24.0 Å². The van der Waals surface area contributed by atoms with Gasteiger partial charge in [-0.15, -0.1) is 0 Å². The van der Waals surface area contributed by atoms with Gasteiger partial charge in [0.2, 0.25) is 0 Å². The van der Waals surface area contributed by atoms with E-state index in [-0.39, 0.29) is 24.5 Å². The van der Waals surface area contributed by atoms with Crippen LogP contribution in [0.4, 0.5) is 0 Å². The summed E-state index contributed by atoms with van der Waals surface area (Å²) in [5, 5.41) is 0. The molecule has 1 atom stereocenters. The van der Waals surface area contributed by atoms with Gasteiger partial charge in [0.25, 0.3) is 11.8 Å². The molecule has 0 fully saturated rings. The Bertz CT molecular complexity index is 962. The van der Waals surface area contributed by atoms with Crippen LogP contribution < -0.4 is 14.2 Å². The minimum atomic E-state index is -0.123. The maximum absolute atomic E-state index is 13.3. The highest BCUT2D eigenvalue weighted by atomic mass is 16.5. The van der Waals surface area contributed by atoms with E-state index in [1.54, 1.807) is 31.2 Å². The number of nitrogens with zero attached hydrogens (tertiary/aromatic N) is 2. The predicted molar refractivity (Wildman–Crippen MR) is 132 cm³/mol. The van der Waals surface area contributed by atoms with Gasteiger partial charge in [0, 0.05) is 26.2 Å². The number of rotatable bonds is 6. The lowest BCUT2D eigenvalue weighted by molar-refractivity contribution is -0.137. The van der Waals surface area contributed by atoms with Gasteiger partial charge in [0.15, 0.2) is 6.61 Å². The molecule has 1 heterocycles. The van der Waals surface area contributed by atoms with Crippen LogP contribution in [0.3, 0.4) is 0 Å². The number of hydrogen-bond acceptors (Lipinski definition) is 5. The van der Waals surface area contributed by atoms with Crippen molar-refractivity contribution in [3.05, 3.63) is 54.1 Å². The first-order chi connectivity index (χ1) is 16.4. The van der Waals surface area contributed by atoms with Crippen LogP contribution in [0.5, 0.6) is 17.2 Å². The van der Waals surface area contributed by atoms with Gasteiger partial charge in [0.1, 0.15) is 23.9 Å². The molecule has 0 unspecified atom stereocenters. The molecule has 34 heavy (non-hydrogen) atoms. The second-order valence-corrected chi connectivity index (χ2v) is 9.08. The maximum atomic E-state index is 13.3. The van der Waals surface area contributed by atoms with Crippen molar-refractivity contribution < 1.29 is 23.8 Å². The SMILES string of the molecule is COc1cccc(OCC(=O)N2CCCCN(C)C(=O)c3ccccc3OC[C@@H]2CC(C)C)c1. The number of amides is 2. The second kappa shape index (κ2) is 12.3. The van der Waals surface area contributed by atoms with Crippen LogP contribution >= 0.6 is 0 Å². The van der Waals surface area contributed by atoms with E-state index in [0.29, 0.717) is 48.4 Å². The number of hydrogen-bond donors (Lipinski definition) is 0. The molecular weight excluding hydrogens is 432 g/mol. The van der Waals surface area contributed by atoms with Crippen LogP contribution in [-0.2, 0) is 4.79 Å². The lowest BCUT2D eigenvalue weighted by Gasteiger charge is -2.34. The van der Waals surface area contributed by atoms with Crippen LogP contribution in [-0.4, -0.2) is 68.1 Å². The molecule has 184 valence electrons. The fourth-order valence-electron chi connectivity index (χ4n) is 4.15. The third-order valence-electron chi connectivity index (χ3n) is 5.95. The first-order valence-electron chi connectivity index (χ1n) is 11.9. The molecule has 3 rings (SSSR count). The summed E-state index contributed by atoms with van der Waals surface area (Å²) >= 11 is 0. The summed E-state index contributed by atoms with van der Waals surface area (Å²) in [4.78, 5) is 29.9. The van der Waals surface area contributed by atoms with Crippen molar-refractivity contribution in [3.63, 3.8) is 0 Å². The van der Waals surface area contributed by atoms with Crippen LogP contribution in [0.1, 0.15) is 43.5 Å². The van der Waals surface area contributed by atoms with E-state index < -0.39 is 0 Å². The van der Waals surface area contributed by atoms with E-state index in [1.165, 1.54) is 0 Å². The summed E-state index contributed by atoms with van der Waals surface area (Å²) in [7, 11) is 3.40. The summed E-state index contributed by atoms with van der Waals surface area (Å²) in [5.74, 6) is 2.07. The van der Waals surface area contributed by atoms with Crippen LogP contribution in [0.2, 0.25) is 0 Å². The van der Waals surface area contributed by atoms with E-state index in [4.69, 9.17) is 14.2 Å². The smallest absolute Gasteiger partial charge is 0.260 e. The summed E-state index contributed by atoms with van der Waals surface area (Å²) in [6.07, 6.45) is 2.39. The fourth-order valence-corrected chi connectivity index (χ4v) is 4.15. The van der Waals surface area contributed by atoms with Crippen LogP contribution in [0.15, 0.2) is 48.5 Å². The molecule has 0 radical (unpaired) electrons. The number of para-hydroxylation sites is 1. The van der Waals surface area contributed by atoms with E-state index in [2.05, 4.69) is 13.8 Å². The molecule has 0 N–H and O–H groups in total. The van der Waals surface area contributed by atoms with Gasteiger partial charge in [0.05, 0.1) is 18.7 Å². The zero-order valence-corrected chi connectivity index (χ0v) is 20.7. The normalized spacial score (nSPS) is 17.3. The van der Waals surface area contributed by atoms with Gasteiger partial charge in [-0.3, -0.25) is 9.59 Å². The summed E-state index contributed by atoms with van der Waals surface area (Å²) in [5.41, 5.74) is 0.549. The first kappa shape index (κ1) is 25.4. The topological polar surface area (TPSA) is 68.3 Å². The number of benzene rings is 2.